The predicted octanol–water partition coefficient (Wildman–Crippen LogP) is 3.16. The fourth-order valence-electron chi connectivity index (χ4n) is 3.12. The van der Waals surface area contributed by atoms with E-state index in [0.717, 1.165) is 50.6 Å². The van der Waals surface area contributed by atoms with Gasteiger partial charge in [0, 0.05) is 32.7 Å². The lowest BCUT2D eigenvalue weighted by Gasteiger charge is -2.33. The normalized spacial score (nSPS) is 16.3. The highest BCUT2D eigenvalue weighted by Crippen LogP contribution is 2.21. The first kappa shape index (κ1) is 16.4. The van der Waals surface area contributed by atoms with Gasteiger partial charge in [-0.05, 0) is 23.4 Å². The van der Waals surface area contributed by atoms with Crippen LogP contribution in [0.1, 0.15) is 11.5 Å². The van der Waals surface area contributed by atoms with E-state index in [1.165, 1.54) is 5.56 Å². The van der Waals surface area contributed by atoms with Crippen molar-refractivity contribution < 1.29 is 4.52 Å². The Morgan fingerprint density at radius 2 is 1.76 bits per heavy atom. The molecular weight excluding hydrogens is 332 g/mol. The highest BCUT2D eigenvalue weighted by molar-refractivity contribution is 7.13. The van der Waals surface area contributed by atoms with Crippen LogP contribution in [0.15, 0.2) is 52.4 Å². The maximum absolute atomic E-state index is 5.41. The maximum Gasteiger partial charge on any atom is 0.241 e. The van der Waals surface area contributed by atoms with Gasteiger partial charge >= 0.3 is 0 Å². The molecule has 0 aliphatic carbocycles. The summed E-state index contributed by atoms with van der Waals surface area (Å²) >= 11 is 1.63. The maximum atomic E-state index is 5.41. The number of thiophene rings is 1. The van der Waals surface area contributed by atoms with Gasteiger partial charge in [0.25, 0.3) is 0 Å². The van der Waals surface area contributed by atoms with Gasteiger partial charge < -0.3 is 9.42 Å². The summed E-state index contributed by atoms with van der Waals surface area (Å²) in [5.41, 5.74) is 1.41. The van der Waals surface area contributed by atoms with Crippen molar-refractivity contribution in [3.8, 4) is 10.7 Å². The zero-order valence-corrected chi connectivity index (χ0v) is 15.0. The largest absolute Gasteiger partial charge is 0.338 e. The van der Waals surface area contributed by atoms with Crippen LogP contribution in [0, 0.1) is 0 Å². The first-order valence-corrected chi connectivity index (χ1v) is 9.60. The van der Waals surface area contributed by atoms with Gasteiger partial charge in [0.2, 0.25) is 11.7 Å². The summed E-state index contributed by atoms with van der Waals surface area (Å²) in [6, 6.07) is 14.7. The van der Waals surface area contributed by atoms with Crippen LogP contribution < -0.4 is 0 Å². The van der Waals surface area contributed by atoms with Gasteiger partial charge in [-0.15, -0.1) is 11.3 Å². The molecule has 1 aliphatic rings. The molecule has 0 amide bonds. The number of aromatic nitrogens is 2. The molecule has 2 aromatic heterocycles. The van der Waals surface area contributed by atoms with Gasteiger partial charge in [-0.25, -0.2) is 0 Å². The summed E-state index contributed by atoms with van der Waals surface area (Å²) in [4.78, 5) is 10.5. The molecule has 5 nitrogen and oxygen atoms in total. The summed E-state index contributed by atoms with van der Waals surface area (Å²) in [6.45, 7) is 6.15. The summed E-state index contributed by atoms with van der Waals surface area (Å²) in [5.74, 6) is 1.41. The van der Waals surface area contributed by atoms with Crippen molar-refractivity contribution in [2.24, 2.45) is 0 Å². The lowest BCUT2D eigenvalue weighted by Crippen LogP contribution is -2.46. The van der Waals surface area contributed by atoms with Crippen molar-refractivity contribution in [1.82, 2.24) is 19.9 Å². The first-order valence-electron chi connectivity index (χ1n) is 8.72. The molecule has 0 unspecified atom stereocenters. The summed E-state index contributed by atoms with van der Waals surface area (Å²) < 4.78 is 5.41. The van der Waals surface area contributed by atoms with Crippen molar-refractivity contribution in [1.29, 1.82) is 0 Å². The van der Waals surface area contributed by atoms with Crippen LogP contribution in [0.25, 0.3) is 10.7 Å². The van der Waals surface area contributed by atoms with E-state index in [1.807, 2.05) is 17.5 Å². The Kier molecular flexibility index (Phi) is 5.20. The van der Waals surface area contributed by atoms with E-state index < -0.39 is 0 Å². The Hall–Kier alpha value is -2.02. The molecule has 3 aromatic rings. The van der Waals surface area contributed by atoms with Gasteiger partial charge in [0.15, 0.2) is 0 Å². The average Bonchev–Trinajstić information content (AvgIpc) is 3.34. The molecule has 0 atom stereocenters. The van der Waals surface area contributed by atoms with Crippen molar-refractivity contribution >= 4 is 11.3 Å². The standard InChI is InChI=1S/C19H22N4OS/c1-2-5-16(6-3-1)8-9-22-10-12-23(13-11-22)15-18-20-19(21-24-18)17-7-4-14-25-17/h1-7,14H,8-13,15H2. The van der Waals surface area contributed by atoms with Crippen LogP contribution in [0.2, 0.25) is 0 Å². The van der Waals surface area contributed by atoms with Gasteiger partial charge in [-0.1, -0.05) is 41.6 Å². The summed E-state index contributed by atoms with van der Waals surface area (Å²) in [7, 11) is 0. The second kappa shape index (κ2) is 7.91. The number of nitrogens with zero attached hydrogens (tertiary/aromatic N) is 4. The smallest absolute Gasteiger partial charge is 0.241 e. The Bertz CT molecular complexity index is 764. The van der Waals surface area contributed by atoms with Crippen LogP contribution in [-0.4, -0.2) is 52.7 Å². The molecule has 4 rings (SSSR count). The minimum atomic E-state index is 0.700. The first-order chi connectivity index (χ1) is 12.4. The monoisotopic (exact) mass is 354 g/mol. The van der Waals surface area contributed by atoms with Gasteiger partial charge in [-0.3, -0.25) is 4.90 Å². The molecule has 1 fully saturated rings. The zero-order chi connectivity index (χ0) is 16.9. The zero-order valence-electron chi connectivity index (χ0n) is 14.2. The third kappa shape index (κ3) is 4.34. The van der Waals surface area contributed by atoms with E-state index in [4.69, 9.17) is 4.52 Å². The molecule has 3 heterocycles. The quantitative estimate of drug-likeness (QED) is 0.680. The molecule has 0 bridgehead atoms. The molecule has 6 heteroatoms. The Morgan fingerprint density at radius 3 is 2.52 bits per heavy atom. The van der Waals surface area contributed by atoms with Crippen LogP contribution in [0.4, 0.5) is 0 Å². The average molecular weight is 354 g/mol. The summed E-state index contributed by atoms with van der Waals surface area (Å²) in [5, 5.41) is 6.12. The highest BCUT2D eigenvalue weighted by Gasteiger charge is 2.19. The van der Waals surface area contributed by atoms with E-state index >= 15 is 0 Å². The van der Waals surface area contributed by atoms with E-state index in [1.54, 1.807) is 11.3 Å². The third-order valence-electron chi connectivity index (χ3n) is 4.59. The molecule has 0 N–H and O–H groups in total. The fourth-order valence-corrected chi connectivity index (χ4v) is 3.77. The Morgan fingerprint density at radius 1 is 0.960 bits per heavy atom. The van der Waals surface area contributed by atoms with Gasteiger partial charge in [-0.2, -0.15) is 4.98 Å². The Labute approximate surface area is 151 Å². The number of rotatable bonds is 6. The minimum Gasteiger partial charge on any atom is -0.338 e. The number of benzene rings is 1. The molecular formula is C19H22N4OS. The second-order valence-corrected chi connectivity index (χ2v) is 7.29. The van der Waals surface area contributed by atoms with Gasteiger partial charge in [0.1, 0.15) is 0 Å². The predicted molar refractivity (Wildman–Crippen MR) is 99.5 cm³/mol. The molecule has 130 valence electrons. The van der Waals surface area contributed by atoms with E-state index in [-0.39, 0.29) is 0 Å². The van der Waals surface area contributed by atoms with Crippen molar-refractivity contribution in [2.75, 3.05) is 32.7 Å². The molecule has 1 aliphatic heterocycles. The van der Waals surface area contributed by atoms with E-state index in [9.17, 15) is 0 Å². The molecule has 0 radical (unpaired) electrons. The van der Waals surface area contributed by atoms with Crippen LogP contribution in [0.3, 0.4) is 0 Å². The fraction of sp³-hybridized carbons (Fsp3) is 0.368. The van der Waals surface area contributed by atoms with Crippen LogP contribution in [0.5, 0.6) is 0 Å². The van der Waals surface area contributed by atoms with E-state index in [2.05, 4.69) is 50.3 Å². The lowest BCUT2D eigenvalue weighted by atomic mass is 10.1. The lowest BCUT2D eigenvalue weighted by molar-refractivity contribution is 0.118. The molecule has 0 saturated carbocycles. The highest BCUT2D eigenvalue weighted by atomic mass is 32.1. The number of piperazine rings is 1. The topological polar surface area (TPSA) is 45.4 Å². The number of hydrogen-bond acceptors (Lipinski definition) is 6. The van der Waals surface area contributed by atoms with Crippen molar-refractivity contribution in [3.63, 3.8) is 0 Å². The molecule has 25 heavy (non-hydrogen) atoms. The van der Waals surface area contributed by atoms with Crippen molar-refractivity contribution in [2.45, 2.75) is 13.0 Å². The molecule has 1 saturated heterocycles. The van der Waals surface area contributed by atoms with E-state index in [0.29, 0.717) is 11.7 Å². The van der Waals surface area contributed by atoms with Crippen molar-refractivity contribution in [3.05, 3.63) is 59.3 Å². The van der Waals surface area contributed by atoms with Gasteiger partial charge in [0.05, 0.1) is 11.4 Å². The molecule has 0 spiro atoms. The summed E-state index contributed by atoms with van der Waals surface area (Å²) in [6.07, 6.45) is 1.12. The van der Waals surface area contributed by atoms with Crippen LogP contribution >= 0.6 is 11.3 Å². The van der Waals surface area contributed by atoms with Crippen LogP contribution in [-0.2, 0) is 13.0 Å². The second-order valence-electron chi connectivity index (χ2n) is 6.34. The Balaban J connectivity index is 1.24. The minimum absolute atomic E-state index is 0.700. The SMILES string of the molecule is c1ccc(CCN2CCN(Cc3nc(-c4cccs4)no3)CC2)cc1. The number of hydrogen-bond donors (Lipinski definition) is 0. The third-order valence-corrected chi connectivity index (χ3v) is 5.46. The molecule has 1 aromatic carbocycles.